The Morgan fingerprint density at radius 2 is 1.82 bits per heavy atom. The van der Waals surface area contributed by atoms with Crippen molar-refractivity contribution >= 4 is 5.82 Å². The number of anilines is 1. The lowest BCUT2D eigenvalue weighted by molar-refractivity contribution is 0.915. The Bertz CT molecular complexity index is 549. The first-order chi connectivity index (χ1) is 8.11. The van der Waals surface area contributed by atoms with Crippen LogP contribution < -0.4 is 5.32 Å². The van der Waals surface area contributed by atoms with Crippen LogP contribution in [-0.2, 0) is 0 Å². The van der Waals surface area contributed by atoms with E-state index in [1.54, 1.807) is 0 Å². The van der Waals surface area contributed by atoms with Gasteiger partial charge >= 0.3 is 0 Å². The zero-order valence-electron chi connectivity index (χ0n) is 10.6. The topological polar surface area (TPSA) is 50.7 Å². The van der Waals surface area contributed by atoms with E-state index in [9.17, 15) is 0 Å². The van der Waals surface area contributed by atoms with Crippen molar-refractivity contribution in [2.45, 2.75) is 20.8 Å². The minimum absolute atomic E-state index is 0.670. The van der Waals surface area contributed by atoms with Crippen molar-refractivity contribution in [3.8, 4) is 11.3 Å². The molecule has 0 aliphatic heterocycles. The molecule has 0 bridgehead atoms. The fourth-order valence-corrected chi connectivity index (χ4v) is 1.75. The molecule has 4 nitrogen and oxygen atoms in total. The summed E-state index contributed by atoms with van der Waals surface area (Å²) in [4.78, 5) is 4.35. The molecule has 1 aromatic heterocycles. The molecule has 0 fully saturated rings. The normalized spacial score (nSPS) is 10.4. The SMILES string of the molecule is CNc1nc(C)nnc1-c1cc(C)ccc1C. The molecule has 0 saturated heterocycles. The van der Waals surface area contributed by atoms with Gasteiger partial charge < -0.3 is 5.32 Å². The van der Waals surface area contributed by atoms with Gasteiger partial charge in [0.25, 0.3) is 0 Å². The summed E-state index contributed by atoms with van der Waals surface area (Å²) in [6, 6.07) is 6.29. The quantitative estimate of drug-likeness (QED) is 0.858. The highest BCUT2D eigenvalue weighted by Crippen LogP contribution is 2.27. The van der Waals surface area contributed by atoms with E-state index in [0.717, 1.165) is 17.1 Å². The van der Waals surface area contributed by atoms with Crippen molar-refractivity contribution in [1.29, 1.82) is 0 Å². The van der Waals surface area contributed by atoms with Gasteiger partial charge in [-0.25, -0.2) is 4.98 Å². The Labute approximate surface area is 101 Å². The van der Waals surface area contributed by atoms with Crippen molar-refractivity contribution < 1.29 is 0 Å². The second-order valence-corrected chi connectivity index (χ2v) is 4.12. The van der Waals surface area contributed by atoms with E-state index in [1.807, 2.05) is 14.0 Å². The second-order valence-electron chi connectivity index (χ2n) is 4.12. The number of hydrogen-bond donors (Lipinski definition) is 1. The standard InChI is InChI=1S/C13H16N4/c1-8-5-6-9(2)11(7-8)12-13(14-4)15-10(3)16-17-12/h5-7H,1-4H3,(H,14,15,16). The zero-order valence-corrected chi connectivity index (χ0v) is 10.6. The van der Waals surface area contributed by atoms with E-state index in [4.69, 9.17) is 0 Å². The summed E-state index contributed by atoms with van der Waals surface area (Å²) in [5.74, 6) is 1.44. The molecule has 1 N–H and O–H groups in total. The first-order valence-corrected chi connectivity index (χ1v) is 5.58. The third-order valence-electron chi connectivity index (χ3n) is 2.68. The number of rotatable bonds is 2. The van der Waals surface area contributed by atoms with E-state index < -0.39 is 0 Å². The van der Waals surface area contributed by atoms with Crippen molar-refractivity contribution in [1.82, 2.24) is 15.2 Å². The minimum Gasteiger partial charge on any atom is -0.371 e. The van der Waals surface area contributed by atoms with Crippen LogP contribution in [0.4, 0.5) is 5.82 Å². The van der Waals surface area contributed by atoms with Crippen LogP contribution in [-0.4, -0.2) is 22.2 Å². The fourth-order valence-electron chi connectivity index (χ4n) is 1.75. The van der Waals surface area contributed by atoms with Gasteiger partial charge in [0.1, 0.15) is 11.5 Å². The first kappa shape index (κ1) is 11.5. The third kappa shape index (κ3) is 2.25. The maximum absolute atomic E-state index is 4.35. The van der Waals surface area contributed by atoms with Crippen molar-refractivity contribution in [3.05, 3.63) is 35.2 Å². The Balaban J connectivity index is 2.63. The summed E-state index contributed by atoms with van der Waals surface area (Å²) in [7, 11) is 1.85. The summed E-state index contributed by atoms with van der Waals surface area (Å²) in [5.41, 5.74) is 4.26. The van der Waals surface area contributed by atoms with E-state index >= 15 is 0 Å². The minimum atomic E-state index is 0.670. The molecule has 0 spiro atoms. The van der Waals surface area contributed by atoms with E-state index in [1.165, 1.54) is 11.1 Å². The molecule has 0 saturated carbocycles. The Kier molecular flexibility index (Phi) is 3.04. The maximum atomic E-state index is 4.35. The average Bonchev–Trinajstić information content (AvgIpc) is 2.32. The van der Waals surface area contributed by atoms with Gasteiger partial charge in [0, 0.05) is 12.6 Å². The summed E-state index contributed by atoms with van der Waals surface area (Å²) < 4.78 is 0. The van der Waals surface area contributed by atoms with Gasteiger partial charge in [-0.2, -0.15) is 0 Å². The highest BCUT2D eigenvalue weighted by molar-refractivity contribution is 5.73. The van der Waals surface area contributed by atoms with Gasteiger partial charge in [-0.1, -0.05) is 17.7 Å². The summed E-state index contributed by atoms with van der Waals surface area (Å²) >= 11 is 0. The molecule has 2 aromatic rings. The highest BCUT2D eigenvalue weighted by Gasteiger charge is 2.11. The smallest absolute Gasteiger partial charge is 0.156 e. The monoisotopic (exact) mass is 228 g/mol. The molecule has 88 valence electrons. The van der Waals surface area contributed by atoms with E-state index in [0.29, 0.717) is 5.82 Å². The van der Waals surface area contributed by atoms with Crippen LogP contribution in [0.2, 0.25) is 0 Å². The number of nitrogens with zero attached hydrogens (tertiary/aromatic N) is 3. The van der Waals surface area contributed by atoms with Crippen LogP contribution in [0.1, 0.15) is 17.0 Å². The number of aromatic nitrogens is 3. The predicted octanol–water partition coefficient (Wildman–Crippen LogP) is 2.51. The van der Waals surface area contributed by atoms with Crippen molar-refractivity contribution in [2.75, 3.05) is 12.4 Å². The highest BCUT2D eigenvalue weighted by atomic mass is 15.2. The van der Waals surface area contributed by atoms with Crippen LogP contribution in [0.25, 0.3) is 11.3 Å². The largest absolute Gasteiger partial charge is 0.371 e. The molecular formula is C13H16N4. The first-order valence-electron chi connectivity index (χ1n) is 5.58. The Morgan fingerprint density at radius 3 is 2.53 bits per heavy atom. The van der Waals surface area contributed by atoms with Crippen LogP contribution in [0.5, 0.6) is 0 Å². The van der Waals surface area contributed by atoms with Crippen LogP contribution >= 0.6 is 0 Å². The Hall–Kier alpha value is -1.97. The zero-order chi connectivity index (χ0) is 12.4. The van der Waals surface area contributed by atoms with E-state index in [-0.39, 0.29) is 0 Å². The molecule has 17 heavy (non-hydrogen) atoms. The van der Waals surface area contributed by atoms with Crippen molar-refractivity contribution in [3.63, 3.8) is 0 Å². The molecule has 0 radical (unpaired) electrons. The number of aryl methyl sites for hydroxylation is 3. The molecular weight excluding hydrogens is 212 g/mol. The maximum Gasteiger partial charge on any atom is 0.156 e. The molecule has 1 aromatic carbocycles. The fraction of sp³-hybridized carbons (Fsp3) is 0.308. The van der Waals surface area contributed by atoms with Crippen LogP contribution in [0.15, 0.2) is 18.2 Å². The van der Waals surface area contributed by atoms with Crippen LogP contribution in [0.3, 0.4) is 0 Å². The van der Waals surface area contributed by atoms with Crippen molar-refractivity contribution in [2.24, 2.45) is 0 Å². The average molecular weight is 228 g/mol. The number of hydrogen-bond acceptors (Lipinski definition) is 4. The Morgan fingerprint density at radius 1 is 1.06 bits per heavy atom. The predicted molar refractivity (Wildman–Crippen MR) is 69.0 cm³/mol. The molecule has 0 atom stereocenters. The molecule has 2 rings (SSSR count). The lowest BCUT2D eigenvalue weighted by Crippen LogP contribution is -2.03. The van der Waals surface area contributed by atoms with Gasteiger partial charge in [0.05, 0.1) is 0 Å². The molecule has 0 aliphatic carbocycles. The molecule has 0 amide bonds. The van der Waals surface area contributed by atoms with Gasteiger partial charge in [-0.05, 0) is 32.4 Å². The number of nitrogens with one attached hydrogen (secondary N) is 1. The molecule has 1 heterocycles. The lowest BCUT2D eigenvalue weighted by atomic mass is 10.0. The summed E-state index contributed by atoms with van der Waals surface area (Å²) in [6.07, 6.45) is 0. The number of benzene rings is 1. The lowest BCUT2D eigenvalue weighted by Gasteiger charge is -2.10. The second kappa shape index (κ2) is 4.49. The van der Waals surface area contributed by atoms with E-state index in [2.05, 4.69) is 52.5 Å². The van der Waals surface area contributed by atoms with Crippen LogP contribution in [0, 0.1) is 20.8 Å². The van der Waals surface area contributed by atoms with Gasteiger partial charge in [0.15, 0.2) is 5.82 Å². The molecule has 4 heteroatoms. The van der Waals surface area contributed by atoms with Gasteiger partial charge in [-0.3, -0.25) is 0 Å². The summed E-state index contributed by atoms with van der Waals surface area (Å²) in [5, 5.41) is 11.3. The molecule has 0 unspecified atom stereocenters. The molecule has 0 aliphatic rings. The third-order valence-corrected chi connectivity index (χ3v) is 2.68. The van der Waals surface area contributed by atoms with Gasteiger partial charge in [-0.15, -0.1) is 10.2 Å². The van der Waals surface area contributed by atoms with Gasteiger partial charge in [0.2, 0.25) is 0 Å². The summed E-state index contributed by atoms with van der Waals surface area (Å²) in [6.45, 7) is 5.97.